The fourth-order valence-electron chi connectivity index (χ4n) is 3.27. The molecular weight excluding hydrogens is 350 g/mol. The van der Waals surface area contributed by atoms with Gasteiger partial charge in [0.25, 0.3) is 0 Å². The van der Waals surface area contributed by atoms with Gasteiger partial charge in [-0.1, -0.05) is 20.3 Å². The number of rotatable bonds is 9. The zero-order valence-corrected chi connectivity index (χ0v) is 16.6. The van der Waals surface area contributed by atoms with Crippen molar-refractivity contribution in [1.82, 2.24) is 5.32 Å². The summed E-state index contributed by atoms with van der Waals surface area (Å²) >= 11 is 0. The molecule has 1 unspecified atom stereocenters. The highest BCUT2D eigenvalue weighted by Gasteiger charge is 2.22. The van der Waals surface area contributed by atoms with Crippen molar-refractivity contribution in [2.24, 2.45) is 11.8 Å². The van der Waals surface area contributed by atoms with Crippen LogP contribution in [0.25, 0.3) is 0 Å². The molecule has 1 heterocycles. The normalized spacial score (nSPS) is 16.8. The van der Waals surface area contributed by atoms with Crippen LogP contribution in [0, 0.1) is 11.8 Å². The summed E-state index contributed by atoms with van der Waals surface area (Å²) in [4.78, 5) is 12.3. The van der Waals surface area contributed by atoms with Crippen molar-refractivity contribution in [3.8, 4) is 0 Å². The molecule has 0 saturated carbocycles. The first-order valence-corrected chi connectivity index (χ1v) is 11.2. The van der Waals surface area contributed by atoms with Crippen LogP contribution < -0.4 is 15.4 Å². The number of amides is 1. The van der Waals surface area contributed by atoms with Gasteiger partial charge in [-0.25, -0.2) is 8.42 Å². The molecule has 1 aliphatic rings. The number of carbonyl (C=O) groups is 1. The van der Waals surface area contributed by atoms with Crippen molar-refractivity contribution < 1.29 is 13.2 Å². The highest BCUT2D eigenvalue weighted by molar-refractivity contribution is 7.92. The Kier molecular flexibility index (Phi) is 7.90. The summed E-state index contributed by atoms with van der Waals surface area (Å²) in [6.07, 6.45) is 4.24. The van der Waals surface area contributed by atoms with Gasteiger partial charge in [0.2, 0.25) is 15.9 Å². The minimum absolute atomic E-state index is 0.00677. The second-order valence-corrected chi connectivity index (χ2v) is 9.01. The molecule has 0 radical (unpaired) electrons. The average molecular weight is 382 g/mol. The van der Waals surface area contributed by atoms with Crippen LogP contribution in [-0.4, -0.2) is 33.2 Å². The molecule has 6 nitrogen and oxygen atoms in total. The lowest BCUT2D eigenvalue weighted by Gasteiger charge is -2.27. The topological polar surface area (TPSA) is 87.3 Å². The van der Waals surface area contributed by atoms with Crippen molar-refractivity contribution in [2.75, 3.05) is 28.9 Å². The molecule has 26 heavy (non-hydrogen) atoms. The Morgan fingerprint density at radius 2 is 1.81 bits per heavy atom. The van der Waals surface area contributed by atoms with Crippen molar-refractivity contribution >= 4 is 27.3 Å². The maximum absolute atomic E-state index is 12.3. The third-order valence-electron chi connectivity index (χ3n) is 4.90. The van der Waals surface area contributed by atoms with Crippen molar-refractivity contribution in [3.63, 3.8) is 0 Å². The molecule has 1 atom stereocenters. The molecule has 1 aromatic carbocycles. The summed E-state index contributed by atoms with van der Waals surface area (Å²) < 4.78 is 26.4. The molecule has 1 aliphatic heterocycles. The van der Waals surface area contributed by atoms with Gasteiger partial charge in [-0.2, -0.15) is 0 Å². The first-order valence-electron chi connectivity index (χ1n) is 9.50. The number of sulfonamides is 1. The monoisotopic (exact) mass is 381 g/mol. The van der Waals surface area contributed by atoms with Crippen molar-refractivity contribution in [2.45, 2.75) is 46.0 Å². The summed E-state index contributed by atoms with van der Waals surface area (Å²) in [7, 11) is -3.30. The van der Waals surface area contributed by atoms with Gasteiger partial charge >= 0.3 is 0 Å². The SMILES string of the molecule is CCCCS(=O)(=O)Nc1ccc(NC(=O)CC(C)C2CCNCC2)cc1. The van der Waals surface area contributed by atoms with E-state index in [4.69, 9.17) is 0 Å². The predicted molar refractivity (Wildman–Crippen MR) is 107 cm³/mol. The lowest BCUT2D eigenvalue weighted by Crippen LogP contribution is -2.32. The number of unbranched alkanes of at least 4 members (excludes halogenated alkanes) is 1. The van der Waals surface area contributed by atoms with E-state index in [2.05, 4.69) is 22.3 Å². The van der Waals surface area contributed by atoms with E-state index >= 15 is 0 Å². The van der Waals surface area contributed by atoms with Gasteiger partial charge in [0.05, 0.1) is 5.75 Å². The maximum Gasteiger partial charge on any atom is 0.232 e. The Labute approximate surface area is 157 Å². The summed E-state index contributed by atoms with van der Waals surface area (Å²) in [5.41, 5.74) is 1.20. The van der Waals surface area contributed by atoms with E-state index in [1.807, 2.05) is 6.92 Å². The fourth-order valence-corrected chi connectivity index (χ4v) is 4.54. The lowest BCUT2D eigenvalue weighted by molar-refractivity contribution is -0.117. The molecule has 0 spiro atoms. The summed E-state index contributed by atoms with van der Waals surface area (Å²) in [6.45, 7) is 6.17. The van der Waals surface area contributed by atoms with Crippen LogP contribution >= 0.6 is 0 Å². The van der Waals surface area contributed by atoms with Gasteiger partial charge in [-0.05, 0) is 68.5 Å². The fraction of sp³-hybridized carbons (Fsp3) is 0.632. The number of benzene rings is 1. The van der Waals surface area contributed by atoms with Gasteiger partial charge in [-0.15, -0.1) is 0 Å². The van der Waals surface area contributed by atoms with E-state index in [0.29, 0.717) is 36.1 Å². The summed E-state index contributed by atoms with van der Waals surface area (Å²) in [5, 5.41) is 6.25. The number of carbonyl (C=O) groups excluding carboxylic acids is 1. The molecule has 1 saturated heterocycles. The lowest BCUT2D eigenvalue weighted by atomic mass is 9.84. The molecular formula is C19H31N3O3S. The van der Waals surface area contributed by atoms with Gasteiger partial charge in [0, 0.05) is 17.8 Å². The van der Waals surface area contributed by atoms with Crippen LogP contribution in [-0.2, 0) is 14.8 Å². The molecule has 1 amide bonds. The molecule has 1 fully saturated rings. The minimum Gasteiger partial charge on any atom is -0.326 e. The number of hydrogen-bond donors (Lipinski definition) is 3. The standard InChI is InChI=1S/C19H31N3O3S/c1-3-4-13-26(24,25)22-18-7-5-17(6-8-18)21-19(23)14-15(2)16-9-11-20-12-10-16/h5-8,15-16,20,22H,3-4,9-14H2,1-2H3,(H,21,23). The Morgan fingerprint density at radius 3 is 2.42 bits per heavy atom. The molecule has 146 valence electrons. The van der Waals surface area contributed by atoms with Crippen LogP contribution in [0.5, 0.6) is 0 Å². The predicted octanol–water partition coefficient (Wildman–Crippen LogP) is 3.19. The van der Waals surface area contributed by atoms with E-state index < -0.39 is 10.0 Å². The Morgan fingerprint density at radius 1 is 1.19 bits per heavy atom. The average Bonchev–Trinajstić information content (AvgIpc) is 2.62. The van der Waals surface area contributed by atoms with E-state index in [0.717, 1.165) is 32.4 Å². The Bertz CT molecular complexity index is 668. The minimum atomic E-state index is -3.30. The molecule has 0 bridgehead atoms. The zero-order valence-electron chi connectivity index (χ0n) is 15.8. The first kappa shape index (κ1) is 20.7. The number of hydrogen-bond acceptors (Lipinski definition) is 4. The Balaban J connectivity index is 1.83. The number of anilines is 2. The third-order valence-corrected chi connectivity index (χ3v) is 6.28. The van der Waals surface area contributed by atoms with Crippen LogP contribution in [0.1, 0.15) is 46.0 Å². The largest absolute Gasteiger partial charge is 0.326 e. The maximum atomic E-state index is 12.3. The van der Waals surface area contributed by atoms with Gasteiger partial charge in [-0.3, -0.25) is 9.52 Å². The first-order chi connectivity index (χ1) is 12.4. The van der Waals surface area contributed by atoms with Crippen LogP contribution in [0.15, 0.2) is 24.3 Å². The van der Waals surface area contributed by atoms with E-state index in [9.17, 15) is 13.2 Å². The number of nitrogens with one attached hydrogen (secondary N) is 3. The highest BCUT2D eigenvalue weighted by atomic mass is 32.2. The summed E-state index contributed by atoms with van der Waals surface area (Å²) in [5.74, 6) is 1.09. The molecule has 1 aromatic rings. The molecule has 0 aliphatic carbocycles. The Hall–Kier alpha value is -1.60. The van der Waals surface area contributed by atoms with Crippen LogP contribution in [0.2, 0.25) is 0 Å². The smallest absolute Gasteiger partial charge is 0.232 e. The molecule has 2 rings (SSSR count). The zero-order chi connectivity index (χ0) is 19.0. The van der Waals surface area contributed by atoms with Gasteiger partial charge in [0.15, 0.2) is 0 Å². The second kappa shape index (κ2) is 9.92. The van der Waals surface area contributed by atoms with E-state index in [1.54, 1.807) is 24.3 Å². The van der Waals surface area contributed by atoms with Crippen LogP contribution in [0.3, 0.4) is 0 Å². The molecule has 0 aromatic heterocycles. The van der Waals surface area contributed by atoms with Crippen LogP contribution in [0.4, 0.5) is 11.4 Å². The van der Waals surface area contributed by atoms with Gasteiger partial charge in [0.1, 0.15) is 0 Å². The number of piperidine rings is 1. The van der Waals surface area contributed by atoms with Crippen molar-refractivity contribution in [1.29, 1.82) is 0 Å². The van der Waals surface area contributed by atoms with E-state index in [1.165, 1.54) is 0 Å². The van der Waals surface area contributed by atoms with E-state index in [-0.39, 0.29) is 11.7 Å². The highest BCUT2D eigenvalue weighted by Crippen LogP contribution is 2.25. The van der Waals surface area contributed by atoms with Crippen molar-refractivity contribution in [3.05, 3.63) is 24.3 Å². The molecule has 7 heteroatoms. The third kappa shape index (κ3) is 6.96. The second-order valence-electron chi connectivity index (χ2n) is 7.17. The quantitative estimate of drug-likeness (QED) is 0.613. The van der Waals surface area contributed by atoms with Gasteiger partial charge < -0.3 is 10.6 Å². The molecule has 3 N–H and O–H groups in total. The summed E-state index contributed by atoms with van der Waals surface area (Å²) in [6, 6.07) is 6.81.